The molecule has 1 aromatic rings. The summed E-state index contributed by atoms with van der Waals surface area (Å²) in [6.45, 7) is 9.81. The van der Waals surface area contributed by atoms with Crippen LogP contribution in [0.15, 0.2) is 35.9 Å². The molecule has 0 radical (unpaired) electrons. The Balaban J connectivity index is 1.52. The Kier molecular flexibility index (Phi) is 14.0. The van der Waals surface area contributed by atoms with Crippen molar-refractivity contribution in [1.29, 1.82) is 0 Å². The number of likely N-dealkylation sites (tertiary alicyclic amines) is 1. The summed E-state index contributed by atoms with van der Waals surface area (Å²) in [6, 6.07) is 4.99. The van der Waals surface area contributed by atoms with E-state index in [0.717, 1.165) is 25.9 Å². The highest BCUT2D eigenvalue weighted by Gasteiger charge is 2.30. The maximum Gasteiger partial charge on any atom is 0.410 e. The van der Waals surface area contributed by atoms with Gasteiger partial charge >= 0.3 is 12.1 Å². The van der Waals surface area contributed by atoms with Crippen LogP contribution >= 0.6 is 0 Å². The van der Waals surface area contributed by atoms with E-state index < -0.39 is 24.3 Å². The zero-order valence-corrected chi connectivity index (χ0v) is 30.0. The molecule has 0 unspecified atom stereocenters. The lowest BCUT2D eigenvalue weighted by atomic mass is 9.91. The van der Waals surface area contributed by atoms with Crippen molar-refractivity contribution in [2.24, 2.45) is 11.8 Å². The summed E-state index contributed by atoms with van der Waals surface area (Å²) >= 11 is 0. The minimum absolute atomic E-state index is 0.0278. The number of piperazine rings is 1. The second-order valence-electron chi connectivity index (χ2n) is 14.0. The molecule has 5 atom stereocenters. The van der Waals surface area contributed by atoms with Gasteiger partial charge in [0.25, 0.3) is 0 Å². The molecule has 0 aliphatic carbocycles. The number of ether oxygens (including phenoxy) is 3. The van der Waals surface area contributed by atoms with E-state index in [0.29, 0.717) is 55.8 Å². The van der Waals surface area contributed by atoms with Gasteiger partial charge in [-0.1, -0.05) is 26.0 Å². The number of hydrogen-bond donors (Lipinski definition) is 1. The van der Waals surface area contributed by atoms with Crippen LogP contribution < -0.4 is 4.90 Å². The molecule has 0 spiro atoms. The van der Waals surface area contributed by atoms with Gasteiger partial charge in [-0.3, -0.25) is 9.59 Å². The number of carbonyl (C=O) groups is 3. The first-order valence-corrected chi connectivity index (χ1v) is 17.5. The standard InChI is InChI=1S/C37H55FN4O7/c1-25-7-9-32(43)23-35(45)49-36(26(2)8-10-33(25)48-37(46)42-17-15-39(4)16-18-42)27(3)19-28-20-29(38)22-31(21-28)40(5)30-11-13-41(14-12-30)34(44)24-47-6/h8,10,19-22,25-26,30,32-33,36,43H,7,9,11-18,23-24H2,1-6H3/b10-8+,27-19+/t25-,26-,32+,33-,36-/m0/s1. The number of halogens is 1. The fraction of sp³-hybridized carbons (Fsp3) is 0.649. The number of rotatable bonds is 7. The van der Waals surface area contributed by atoms with Gasteiger partial charge < -0.3 is 38.9 Å². The van der Waals surface area contributed by atoms with E-state index in [1.807, 2.05) is 59.2 Å². The molecular formula is C37H55FN4O7. The van der Waals surface area contributed by atoms with Gasteiger partial charge in [-0.15, -0.1) is 0 Å². The van der Waals surface area contributed by atoms with E-state index >= 15 is 4.39 Å². The van der Waals surface area contributed by atoms with Crippen LogP contribution in [0.3, 0.4) is 0 Å². The van der Waals surface area contributed by atoms with Gasteiger partial charge in [0.15, 0.2) is 0 Å². The van der Waals surface area contributed by atoms with Crippen LogP contribution in [-0.4, -0.2) is 129 Å². The molecule has 2 saturated heterocycles. The summed E-state index contributed by atoms with van der Waals surface area (Å²) in [5.74, 6) is -1.31. The smallest absolute Gasteiger partial charge is 0.410 e. The van der Waals surface area contributed by atoms with Gasteiger partial charge in [0, 0.05) is 71.1 Å². The molecule has 0 bridgehead atoms. The average Bonchev–Trinajstić information content (AvgIpc) is 3.07. The van der Waals surface area contributed by atoms with Crippen molar-refractivity contribution >= 4 is 29.7 Å². The van der Waals surface area contributed by atoms with Crippen molar-refractivity contribution in [3.05, 3.63) is 47.3 Å². The third-order valence-electron chi connectivity index (χ3n) is 10.0. The SMILES string of the molecule is COCC(=O)N1CCC(N(C)c2cc(F)cc(/C=C(\C)[C@H]3OC(=O)C[C@H](O)CC[C@H](C)[C@@H](OC(=O)N4CCN(C)CC4)/C=C/[C@@H]3C)c2)CC1. The van der Waals surface area contributed by atoms with Crippen LogP contribution in [-0.2, 0) is 23.8 Å². The Morgan fingerprint density at radius 1 is 1.02 bits per heavy atom. The molecular weight excluding hydrogens is 631 g/mol. The maximum absolute atomic E-state index is 15.0. The minimum atomic E-state index is -0.890. The zero-order chi connectivity index (χ0) is 35.7. The summed E-state index contributed by atoms with van der Waals surface area (Å²) < 4.78 is 32.0. The number of esters is 1. The number of benzene rings is 1. The number of piperidine rings is 1. The van der Waals surface area contributed by atoms with Gasteiger partial charge in [-0.25, -0.2) is 9.18 Å². The Labute approximate surface area is 290 Å². The van der Waals surface area contributed by atoms with Crippen molar-refractivity contribution in [1.82, 2.24) is 14.7 Å². The molecule has 1 aromatic carbocycles. The molecule has 12 heteroatoms. The number of cyclic esters (lactones) is 1. The second-order valence-corrected chi connectivity index (χ2v) is 14.0. The van der Waals surface area contributed by atoms with Crippen molar-refractivity contribution < 1.29 is 38.1 Å². The third-order valence-corrected chi connectivity index (χ3v) is 10.0. The van der Waals surface area contributed by atoms with Crippen molar-refractivity contribution in [2.75, 3.05) is 72.0 Å². The summed E-state index contributed by atoms with van der Waals surface area (Å²) in [7, 11) is 5.47. The van der Waals surface area contributed by atoms with E-state index in [1.165, 1.54) is 19.2 Å². The Hall–Kier alpha value is -3.48. The topological polar surface area (TPSA) is 112 Å². The molecule has 3 aliphatic heterocycles. The van der Waals surface area contributed by atoms with Gasteiger partial charge in [0.2, 0.25) is 5.91 Å². The molecule has 0 saturated carbocycles. The largest absolute Gasteiger partial charge is 0.457 e. The number of likely N-dealkylation sites (N-methyl/N-ethyl adjacent to an activating group) is 1. The summed E-state index contributed by atoms with van der Waals surface area (Å²) in [5.41, 5.74) is 2.05. The van der Waals surface area contributed by atoms with E-state index in [-0.39, 0.29) is 48.7 Å². The number of aliphatic hydroxyl groups is 1. The van der Waals surface area contributed by atoms with Gasteiger partial charge in [0.1, 0.15) is 24.6 Å². The monoisotopic (exact) mass is 686 g/mol. The van der Waals surface area contributed by atoms with Crippen LogP contribution in [0.25, 0.3) is 6.08 Å². The molecule has 272 valence electrons. The number of anilines is 1. The van der Waals surface area contributed by atoms with E-state index in [2.05, 4.69) is 9.80 Å². The highest BCUT2D eigenvalue weighted by atomic mass is 19.1. The normalized spacial score (nSPS) is 27.5. The highest BCUT2D eigenvalue weighted by molar-refractivity contribution is 5.77. The first-order chi connectivity index (χ1) is 23.3. The number of carbonyl (C=O) groups excluding carboxylic acids is 3. The lowest BCUT2D eigenvalue weighted by Gasteiger charge is -2.38. The highest BCUT2D eigenvalue weighted by Crippen LogP contribution is 2.29. The van der Waals surface area contributed by atoms with E-state index in [9.17, 15) is 19.5 Å². The van der Waals surface area contributed by atoms with Gasteiger partial charge in [-0.2, -0.15) is 0 Å². The average molecular weight is 687 g/mol. The molecule has 3 aliphatic rings. The number of methoxy groups -OCH3 is 1. The fourth-order valence-corrected chi connectivity index (χ4v) is 6.79. The second kappa shape index (κ2) is 18.0. The Morgan fingerprint density at radius 2 is 1.71 bits per heavy atom. The van der Waals surface area contributed by atoms with Gasteiger partial charge in [0.05, 0.1) is 12.5 Å². The number of aliphatic hydroxyl groups excluding tert-OH is 1. The van der Waals surface area contributed by atoms with E-state index in [4.69, 9.17) is 14.2 Å². The van der Waals surface area contributed by atoms with Crippen LogP contribution in [0.4, 0.5) is 14.9 Å². The fourth-order valence-electron chi connectivity index (χ4n) is 6.79. The molecule has 1 N–H and O–H groups in total. The molecule has 49 heavy (non-hydrogen) atoms. The molecule has 2 amide bonds. The zero-order valence-electron chi connectivity index (χ0n) is 30.0. The molecule has 4 rings (SSSR count). The first kappa shape index (κ1) is 38.3. The predicted molar refractivity (Wildman–Crippen MR) is 186 cm³/mol. The summed E-state index contributed by atoms with van der Waals surface area (Å²) in [5, 5.41) is 10.7. The molecule has 11 nitrogen and oxygen atoms in total. The van der Waals surface area contributed by atoms with Crippen LogP contribution in [0, 0.1) is 17.7 Å². The predicted octanol–water partition coefficient (Wildman–Crippen LogP) is 4.34. The number of nitrogens with zero attached hydrogens (tertiary/aromatic N) is 4. The van der Waals surface area contributed by atoms with Crippen LogP contribution in [0.1, 0.15) is 58.4 Å². The van der Waals surface area contributed by atoms with Crippen LogP contribution in [0.2, 0.25) is 0 Å². The lowest BCUT2D eigenvalue weighted by Crippen LogP contribution is -2.48. The third kappa shape index (κ3) is 11.0. The maximum atomic E-state index is 15.0. The quantitative estimate of drug-likeness (QED) is 0.331. The summed E-state index contributed by atoms with van der Waals surface area (Å²) in [4.78, 5) is 46.1. The van der Waals surface area contributed by atoms with Gasteiger partial charge in [-0.05, 0) is 81.0 Å². The molecule has 3 heterocycles. The first-order valence-electron chi connectivity index (χ1n) is 17.5. The molecule has 2 fully saturated rings. The molecule has 0 aromatic heterocycles. The van der Waals surface area contributed by atoms with Crippen molar-refractivity contribution in [3.63, 3.8) is 0 Å². The Bertz CT molecular complexity index is 1340. The van der Waals surface area contributed by atoms with Crippen LogP contribution in [0.5, 0.6) is 0 Å². The van der Waals surface area contributed by atoms with Crippen molar-refractivity contribution in [2.45, 2.75) is 77.2 Å². The Morgan fingerprint density at radius 3 is 2.39 bits per heavy atom. The van der Waals surface area contributed by atoms with E-state index in [1.54, 1.807) is 9.80 Å². The number of hydrogen-bond acceptors (Lipinski definition) is 9. The lowest BCUT2D eigenvalue weighted by molar-refractivity contribution is -0.151. The number of amides is 2. The minimum Gasteiger partial charge on any atom is -0.457 e. The summed E-state index contributed by atoms with van der Waals surface area (Å²) in [6.07, 6.45) is 5.44. The van der Waals surface area contributed by atoms with Crippen molar-refractivity contribution in [3.8, 4) is 0 Å².